The Bertz CT molecular complexity index is 472. The normalized spacial score (nSPS) is 10.4. The minimum absolute atomic E-state index is 0.00758. The molecule has 1 aromatic rings. The van der Waals surface area contributed by atoms with Crippen LogP contribution in [-0.4, -0.2) is 40.7 Å². The van der Waals surface area contributed by atoms with Crippen LogP contribution in [0.4, 0.5) is 4.79 Å². The van der Waals surface area contributed by atoms with Crippen molar-refractivity contribution in [2.45, 2.75) is 25.9 Å². The Morgan fingerprint density at radius 3 is 2.85 bits per heavy atom. The van der Waals surface area contributed by atoms with Crippen molar-refractivity contribution >= 4 is 6.09 Å². The lowest BCUT2D eigenvalue weighted by Crippen LogP contribution is -2.29. The first-order valence-corrected chi connectivity index (χ1v) is 6.49. The molecule has 0 aliphatic heterocycles. The second-order valence-corrected chi connectivity index (χ2v) is 4.23. The maximum absolute atomic E-state index is 12.0. The van der Waals surface area contributed by atoms with E-state index in [2.05, 4.69) is 5.32 Å². The van der Waals surface area contributed by atoms with E-state index in [1.54, 1.807) is 18.3 Å². The van der Waals surface area contributed by atoms with E-state index in [-0.39, 0.29) is 18.7 Å². The molecule has 0 radical (unpaired) electrons. The Balaban J connectivity index is 2.44. The SMILES string of the molecule is O=C(O)NCc1cccn(CCOCCCCO)c1=O. The highest BCUT2D eigenvalue weighted by atomic mass is 16.5. The van der Waals surface area contributed by atoms with Gasteiger partial charge in [0.15, 0.2) is 0 Å². The zero-order valence-corrected chi connectivity index (χ0v) is 11.2. The maximum Gasteiger partial charge on any atom is 0.404 e. The van der Waals surface area contributed by atoms with Crippen molar-refractivity contribution in [3.8, 4) is 0 Å². The standard InChI is InChI=1S/C13H20N2O5/c16-7-1-2-8-20-9-6-15-5-3-4-11(12(15)17)10-14-13(18)19/h3-5,14,16H,1-2,6-10H2,(H,18,19). The van der Waals surface area contributed by atoms with Gasteiger partial charge in [-0.25, -0.2) is 4.79 Å². The van der Waals surface area contributed by atoms with E-state index in [1.807, 2.05) is 0 Å². The number of pyridine rings is 1. The molecule has 0 saturated carbocycles. The van der Waals surface area contributed by atoms with Gasteiger partial charge in [0, 0.05) is 31.5 Å². The van der Waals surface area contributed by atoms with Gasteiger partial charge in [0.25, 0.3) is 5.56 Å². The summed E-state index contributed by atoms with van der Waals surface area (Å²) >= 11 is 0. The van der Waals surface area contributed by atoms with Crippen molar-refractivity contribution in [2.24, 2.45) is 0 Å². The topological polar surface area (TPSA) is 101 Å². The number of aliphatic hydroxyl groups is 1. The number of hydrogen-bond donors (Lipinski definition) is 3. The summed E-state index contributed by atoms with van der Waals surface area (Å²) in [4.78, 5) is 22.4. The molecule has 7 nitrogen and oxygen atoms in total. The third-order valence-electron chi connectivity index (χ3n) is 2.70. The number of aromatic nitrogens is 1. The first kappa shape index (κ1) is 16.2. The number of ether oxygens (including phenoxy) is 1. The van der Waals surface area contributed by atoms with Gasteiger partial charge in [0.2, 0.25) is 0 Å². The van der Waals surface area contributed by atoms with E-state index in [0.29, 0.717) is 31.7 Å². The lowest BCUT2D eigenvalue weighted by molar-refractivity contribution is 0.117. The Labute approximate surface area is 116 Å². The molecule has 1 rings (SSSR count). The van der Waals surface area contributed by atoms with Crippen LogP contribution in [0.5, 0.6) is 0 Å². The predicted molar refractivity (Wildman–Crippen MR) is 72.7 cm³/mol. The fourth-order valence-electron chi connectivity index (χ4n) is 1.65. The van der Waals surface area contributed by atoms with Crippen LogP contribution in [0, 0.1) is 0 Å². The number of carboxylic acid groups (broad SMARTS) is 1. The van der Waals surface area contributed by atoms with Crippen molar-refractivity contribution in [1.82, 2.24) is 9.88 Å². The summed E-state index contributed by atoms with van der Waals surface area (Å²) < 4.78 is 6.84. The summed E-state index contributed by atoms with van der Waals surface area (Å²) in [5.74, 6) is 0. The highest BCUT2D eigenvalue weighted by Gasteiger charge is 2.04. The minimum atomic E-state index is -1.16. The summed E-state index contributed by atoms with van der Waals surface area (Å²) in [5, 5.41) is 19.3. The van der Waals surface area contributed by atoms with E-state index in [4.69, 9.17) is 14.9 Å². The zero-order valence-electron chi connectivity index (χ0n) is 11.2. The van der Waals surface area contributed by atoms with Crippen LogP contribution >= 0.6 is 0 Å². The third kappa shape index (κ3) is 5.85. The summed E-state index contributed by atoms with van der Waals surface area (Å²) in [6.45, 7) is 1.52. The number of unbranched alkanes of at least 4 members (excludes halogenated alkanes) is 1. The number of rotatable bonds is 9. The molecule has 0 aromatic carbocycles. The van der Waals surface area contributed by atoms with Crippen LogP contribution in [0.25, 0.3) is 0 Å². The second-order valence-electron chi connectivity index (χ2n) is 4.23. The molecule has 0 spiro atoms. The number of nitrogens with zero attached hydrogens (tertiary/aromatic N) is 1. The smallest absolute Gasteiger partial charge is 0.404 e. The van der Waals surface area contributed by atoms with Crippen molar-refractivity contribution in [3.05, 3.63) is 34.2 Å². The molecule has 0 unspecified atom stereocenters. The van der Waals surface area contributed by atoms with Gasteiger partial charge in [0.1, 0.15) is 0 Å². The van der Waals surface area contributed by atoms with Gasteiger partial charge in [-0.15, -0.1) is 0 Å². The lowest BCUT2D eigenvalue weighted by Gasteiger charge is -2.08. The van der Waals surface area contributed by atoms with Gasteiger partial charge in [-0.3, -0.25) is 4.79 Å². The van der Waals surface area contributed by atoms with Crippen molar-refractivity contribution in [3.63, 3.8) is 0 Å². The summed E-state index contributed by atoms with van der Waals surface area (Å²) in [5.41, 5.74) is 0.176. The maximum atomic E-state index is 12.0. The second kappa shape index (κ2) is 9.11. The van der Waals surface area contributed by atoms with Crippen LogP contribution in [-0.2, 0) is 17.8 Å². The molecule has 0 bridgehead atoms. The summed E-state index contributed by atoms with van der Waals surface area (Å²) in [6.07, 6.45) is 1.97. The average Bonchev–Trinajstić information content (AvgIpc) is 2.43. The number of nitrogens with one attached hydrogen (secondary N) is 1. The van der Waals surface area contributed by atoms with Crippen molar-refractivity contribution in [2.75, 3.05) is 19.8 Å². The first-order chi connectivity index (χ1) is 9.65. The molecule has 0 saturated heterocycles. The van der Waals surface area contributed by atoms with Crippen LogP contribution in [0.1, 0.15) is 18.4 Å². The van der Waals surface area contributed by atoms with Crippen LogP contribution < -0.4 is 10.9 Å². The molecular formula is C13H20N2O5. The molecule has 20 heavy (non-hydrogen) atoms. The molecule has 7 heteroatoms. The van der Waals surface area contributed by atoms with E-state index in [0.717, 1.165) is 6.42 Å². The van der Waals surface area contributed by atoms with E-state index in [1.165, 1.54) is 4.57 Å². The van der Waals surface area contributed by atoms with Gasteiger partial charge in [-0.05, 0) is 18.9 Å². The van der Waals surface area contributed by atoms with E-state index in [9.17, 15) is 9.59 Å². The highest BCUT2D eigenvalue weighted by molar-refractivity contribution is 5.64. The minimum Gasteiger partial charge on any atom is -0.465 e. The van der Waals surface area contributed by atoms with Gasteiger partial charge in [0.05, 0.1) is 13.2 Å². The molecule has 0 fully saturated rings. The Morgan fingerprint density at radius 2 is 2.15 bits per heavy atom. The summed E-state index contributed by atoms with van der Waals surface area (Å²) in [6, 6.07) is 3.29. The van der Waals surface area contributed by atoms with E-state index < -0.39 is 6.09 Å². The molecule has 1 heterocycles. The fourth-order valence-corrected chi connectivity index (χ4v) is 1.65. The molecule has 1 amide bonds. The van der Waals surface area contributed by atoms with Crippen LogP contribution in [0.3, 0.4) is 0 Å². The van der Waals surface area contributed by atoms with Crippen molar-refractivity contribution < 1.29 is 19.7 Å². The largest absolute Gasteiger partial charge is 0.465 e. The quantitative estimate of drug-likeness (QED) is 0.570. The number of carbonyl (C=O) groups is 1. The van der Waals surface area contributed by atoms with Crippen molar-refractivity contribution in [1.29, 1.82) is 0 Å². The van der Waals surface area contributed by atoms with Gasteiger partial charge in [-0.2, -0.15) is 0 Å². The van der Waals surface area contributed by atoms with Gasteiger partial charge in [-0.1, -0.05) is 6.07 Å². The number of aliphatic hydroxyl groups excluding tert-OH is 1. The molecule has 0 atom stereocenters. The molecule has 0 aliphatic rings. The molecule has 3 N–H and O–H groups in total. The van der Waals surface area contributed by atoms with Gasteiger partial charge < -0.3 is 24.8 Å². The fraction of sp³-hybridized carbons (Fsp3) is 0.538. The zero-order chi connectivity index (χ0) is 14.8. The van der Waals surface area contributed by atoms with Crippen LogP contribution in [0.2, 0.25) is 0 Å². The number of hydrogen-bond acceptors (Lipinski definition) is 4. The van der Waals surface area contributed by atoms with E-state index >= 15 is 0 Å². The Hall–Kier alpha value is -1.86. The molecule has 0 aliphatic carbocycles. The van der Waals surface area contributed by atoms with Gasteiger partial charge >= 0.3 is 6.09 Å². The van der Waals surface area contributed by atoms with Crippen LogP contribution in [0.15, 0.2) is 23.1 Å². The Kier molecular flexibility index (Phi) is 7.38. The molecular weight excluding hydrogens is 264 g/mol. The lowest BCUT2D eigenvalue weighted by atomic mass is 10.2. The highest BCUT2D eigenvalue weighted by Crippen LogP contribution is 1.94. The third-order valence-corrected chi connectivity index (χ3v) is 2.70. The molecule has 112 valence electrons. The summed E-state index contributed by atoms with van der Waals surface area (Å²) in [7, 11) is 0. The Morgan fingerprint density at radius 1 is 1.35 bits per heavy atom. The number of amides is 1. The molecule has 1 aromatic heterocycles. The average molecular weight is 284 g/mol. The first-order valence-electron chi connectivity index (χ1n) is 6.49. The predicted octanol–water partition coefficient (Wildman–Crippen LogP) is 0.405. The monoisotopic (exact) mass is 284 g/mol.